The van der Waals surface area contributed by atoms with Gasteiger partial charge in [-0.15, -0.1) is 0 Å². The Kier molecular flexibility index (Phi) is 7.05. The van der Waals surface area contributed by atoms with Gasteiger partial charge in [0.1, 0.15) is 0 Å². The number of morpholine rings is 1. The molecule has 2 saturated heterocycles. The van der Waals surface area contributed by atoms with Crippen molar-refractivity contribution in [1.29, 1.82) is 0 Å². The monoisotopic (exact) mass is 443 g/mol. The summed E-state index contributed by atoms with van der Waals surface area (Å²) in [5.41, 5.74) is 3.06. The molecule has 0 saturated carbocycles. The van der Waals surface area contributed by atoms with Crippen molar-refractivity contribution >= 4 is 23.5 Å². The van der Waals surface area contributed by atoms with Crippen LogP contribution in [0.15, 0.2) is 30.5 Å². The summed E-state index contributed by atoms with van der Waals surface area (Å²) in [7, 11) is 3.89. The minimum atomic E-state index is 0.176. The van der Waals surface area contributed by atoms with Gasteiger partial charge in [0.15, 0.2) is 0 Å². The third kappa shape index (κ3) is 5.34. The number of carbonyl (C=O) groups excluding carboxylic acids is 1. The van der Waals surface area contributed by atoms with Gasteiger partial charge in [0.05, 0.1) is 25.5 Å². The first-order chi connectivity index (χ1) is 15.0. The predicted molar refractivity (Wildman–Crippen MR) is 123 cm³/mol. The molecule has 166 valence electrons. The van der Waals surface area contributed by atoms with Gasteiger partial charge in [-0.25, -0.2) is 9.97 Å². The summed E-state index contributed by atoms with van der Waals surface area (Å²) < 4.78 is 5.40. The van der Waals surface area contributed by atoms with Crippen LogP contribution in [0.2, 0.25) is 5.02 Å². The molecule has 2 aromatic rings. The van der Waals surface area contributed by atoms with Crippen LogP contribution in [0.3, 0.4) is 0 Å². The van der Waals surface area contributed by atoms with E-state index in [0.29, 0.717) is 37.3 Å². The van der Waals surface area contributed by atoms with E-state index in [4.69, 9.17) is 21.3 Å². The van der Waals surface area contributed by atoms with Crippen LogP contribution in [0.4, 0.5) is 5.95 Å². The van der Waals surface area contributed by atoms with Crippen LogP contribution in [-0.4, -0.2) is 85.7 Å². The van der Waals surface area contributed by atoms with Crippen LogP contribution in [0.25, 0.3) is 11.1 Å². The van der Waals surface area contributed by atoms with Crippen molar-refractivity contribution in [1.82, 2.24) is 19.8 Å². The van der Waals surface area contributed by atoms with Gasteiger partial charge in [-0.05, 0) is 30.5 Å². The number of hydrogen-bond donors (Lipinski definition) is 0. The molecule has 1 aromatic heterocycles. The number of hydrogen-bond acceptors (Lipinski definition) is 6. The lowest BCUT2D eigenvalue weighted by Gasteiger charge is -2.35. The molecule has 1 amide bonds. The second-order valence-corrected chi connectivity index (χ2v) is 8.87. The molecular weight excluding hydrogens is 414 g/mol. The molecule has 0 radical (unpaired) electrons. The average molecular weight is 444 g/mol. The first-order valence-corrected chi connectivity index (χ1v) is 11.3. The van der Waals surface area contributed by atoms with Gasteiger partial charge in [-0.3, -0.25) is 9.69 Å². The quantitative estimate of drug-likeness (QED) is 0.708. The first kappa shape index (κ1) is 22.0. The van der Waals surface area contributed by atoms with Crippen molar-refractivity contribution in [3.8, 4) is 11.1 Å². The van der Waals surface area contributed by atoms with E-state index in [1.807, 2.05) is 54.4 Å². The molecule has 3 heterocycles. The summed E-state index contributed by atoms with van der Waals surface area (Å²) in [4.78, 5) is 28.6. The van der Waals surface area contributed by atoms with Gasteiger partial charge < -0.3 is 14.5 Å². The van der Waals surface area contributed by atoms with E-state index in [2.05, 4.69) is 9.88 Å². The Labute approximate surface area is 189 Å². The van der Waals surface area contributed by atoms with Crippen LogP contribution in [0.5, 0.6) is 0 Å². The lowest BCUT2D eigenvalue weighted by Crippen LogP contribution is -2.47. The Morgan fingerprint density at radius 3 is 2.65 bits per heavy atom. The lowest BCUT2D eigenvalue weighted by molar-refractivity contribution is -0.134. The Bertz CT molecular complexity index is 899. The van der Waals surface area contributed by atoms with E-state index in [1.54, 1.807) is 0 Å². The van der Waals surface area contributed by atoms with Crippen molar-refractivity contribution in [3.63, 3.8) is 0 Å². The number of rotatable bonds is 5. The van der Waals surface area contributed by atoms with Crippen molar-refractivity contribution in [2.75, 3.05) is 64.9 Å². The molecule has 2 fully saturated rings. The van der Waals surface area contributed by atoms with Crippen molar-refractivity contribution in [2.24, 2.45) is 0 Å². The number of piperidine rings is 1. The Hall–Kier alpha value is -2.22. The van der Waals surface area contributed by atoms with Crippen molar-refractivity contribution < 1.29 is 9.53 Å². The highest BCUT2D eigenvalue weighted by molar-refractivity contribution is 6.30. The maximum Gasteiger partial charge on any atom is 0.236 e. The fourth-order valence-corrected chi connectivity index (χ4v) is 4.37. The fraction of sp³-hybridized carbons (Fsp3) is 0.522. The Balaban J connectivity index is 1.57. The second kappa shape index (κ2) is 9.94. The average Bonchev–Trinajstić information content (AvgIpc) is 2.80. The van der Waals surface area contributed by atoms with Crippen LogP contribution < -0.4 is 4.90 Å². The Morgan fingerprint density at radius 2 is 1.94 bits per heavy atom. The standard InChI is InChI=1S/C23H30ClN5O2/c1-27(2)23-25-14-20(17-5-7-19(24)8-6-17)22(26-23)18-4-3-9-29(15-18)21(30)16-28-10-12-31-13-11-28/h5-8,14,18H,3-4,9-13,15-16H2,1-2H3. The minimum Gasteiger partial charge on any atom is -0.379 e. The molecule has 8 heteroatoms. The summed E-state index contributed by atoms with van der Waals surface area (Å²) in [5.74, 6) is 1.06. The fourth-order valence-electron chi connectivity index (χ4n) is 4.24. The molecule has 1 unspecified atom stereocenters. The largest absolute Gasteiger partial charge is 0.379 e. The van der Waals surface area contributed by atoms with Gasteiger partial charge in [0, 0.05) is 63.0 Å². The predicted octanol–water partition coefficient (Wildman–Crippen LogP) is 2.90. The number of halogens is 1. The van der Waals surface area contributed by atoms with Gasteiger partial charge in [-0.2, -0.15) is 0 Å². The normalized spacial score (nSPS) is 20.0. The molecule has 0 spiro atoms. The van der Waals surface area contributed by atoms with Gasteiger partial charge in [0.2, 0.25) is 11.9 Å². The number of ether oxygens (including phenoxy) is 1. The third-order valence-corrected chi connectivity index (χ3v) is 6.24. The first-order valence-electron chi connectivity index (χ1n) is 10.9. The summed E-state index contributed by atoms with van der Waals surface area (Å²) in [6.45, 7) is 5.01. The zero-order valence-electron chi connectivity index (χ0n) is 18.3. The molecule has 0 bridgehead atoms. The molecule has 0 N–H and O–H groups in total. The van der Waals surface area contributed by atoms with E-state index >= 15 is 0 Å². The summed E-state index contributed by atoms with van der Waals surface area (Å²) >= 11 is 6.09. The molecule has 1 aromatic carbocycles. The van der Waals surface area contributed by atoms with Gasteiger partial charge in [0.25, 0.3) is 0 Å². The Morgan fingerprint density at radius 1 is 1.19 bits per heavy atom. The molecule has 31 heavy (non-hydrogen) atoms. The summed E-state index contributed by atoms with van der Waals surface area (Å²) in [6.07, 6.45) is 3.88. The minimum absolute atomic E-state index is 0.176. The zero-order valence-corrected chi connectivity index (χ0v) is 19.0. The van der Waals surface area contributed by atoms with Crippen LogP contribution >= 0.6 is 11.6 Å². The van der Waals surface area contributed by atoms with E-state index in [0.717, 1.165) is 49.3 Å². The lowest BCUT2D eigenvalue weighted by atomic mass is 9.90. The van der Waals surface area contributed by atoms with E-state index < -0.39 is 0 Å². The number of nitrogens with zero attached hydrogens (tertiary/aromatic N) is 5. The summed E-state index contributed by atoms with van der Waals surface area (Å²) in [5, 5.41) is 0.702. The highest BCUT2D eigenvalue weighted by atomic mass is 35.5. The van der Waals surface area contributed by atoms with E-state index in [-0.39, 0.29) is 11.8 Å². The van der Waals surface area contributed by atoms with Crippen LogP contribution in [0, 0.1) is 0 Å². The molecule has 1 atom stereocenters. The molecule has 0 aliphatic carbocycles. The highest BCUT2D eigenvalue weighted by Gasteiger charge is 2.29. The number of carbonyl (C=O) groups is 1. The molecule has 4 rings (SSSR count). The number of anilines is 1. The number of likely N-dealkylation sites (tertiary alicyclic amines) is 1. The maximum atomic E-state index is 13.0. The van der Waals surface area contributed by atoms with E-state index in [9.17, 15) is 4.79 Å². The van der Waals surface area contributed by atoms with E-state index in [1.165, 1.54) is 0 Å². The summed E-state index contributed by atoms with van der Waals surface area (Å²) in [6, 6.07) is 7.78. The molecular formula is C23H30ClN5O2. The van der Waals surface area contributed by atoms with Gasteiger partial charge >= 0.3 is 0 Å². The number of aromatic nitrogens is 2. The van der Waals surface area contributed by atoms with Crippen LogP contribution in [0.1, 0.15) is 24.5 Å². The maximum absolute atomic E-state index is 13.0. The molecule has 2 aliphatic rings. The highest BCUT2D eigenvalue weighted by Crippen LogP contribution is 2.34. The third-order valence-electron chi connectivity index (χ3n) is 5.98. The zero-order chi connectivity index (χ0) is 21.8. The van der Waals surface area contributed by atoms with Gasteiger partial charge in [-0.1, -0.05) is 23.7 Å². The molecule has 2 aliphatic heterocycles. The van der Waals surface area contributed by atoms with Crippen molar-refractivity contribution in [2.45, 2.75) is 18.8 Å². The molecule has 7 nitrogen and oxygen atoms in total. The number of amides is 1. The topological polar surface area (TPSA) is 61.8 Å². The SMILES string of the molecule is CN(C)c1ncc(-c2ccc(Cl)cc2)c(C2CCCN(C(=O)CN3CCOCC3)C2)n1. The van der Waals surface area contributed by atoms with Crippen LogP contribution in [-0.2, 0) is 9.53 Å². The van der Waals surface area contributed by atoms with Crippen molar-refractivity contribution in [3.05, 3.63) is 41.2 Å². The smallest absolute Gasteiger partial charge is 0.236 e. The number of benzene rings is 1. The second-order valence-electron chi connectivity index (χ2n) is 8.44.